The number of anilines is 5. The van der Waals surface area contributed by atoms with Crippen LogP contribution in [0.5, 0.6) is 5.75 Å². The normalized spacial score (nSPS) is 20.8. The van der Waals surface area contributed by atoms with Crippen molar-refractivity contribution in [3.8, 4) is 5.75 Å². The van der Waals surface area contributed by atoms with Gasteiger partial charge in [0.05, 0.1) is 26.0 Å². The zero-order valence-electron chi connectivity index (χ0n) is 21.7. The van der Waals surface area contributed by atoms with Crippen molar-refractivity contribution in [2.24, 2.45) is 0 Å². The molecule has 0 spiro atoms. The fourth-order valence-corrected chi connectivity index (χ4v) is 6.15. The summed E-state index contributed by atoms with van der Waals surface area (Å²) in [5.41, 5.74) is 1.17. The first kappa shape index (κ1) is 26.0. The van der Waals surface area contributed by atoms with Gasteiger partial charge in [-0.2, -0.15) is 15.0 Å². The molecule has 5 rings (SSSR count). The summed E-state index contributed by atoms with van der Waals surface area (Å²) in [5.74, 6) is 1.74. The van der Waals surface area contributed by atoms with Gasteiger partial charge in [-0.15, -0.1) is 0 Å². The van der Waals surface area contributed by atoms with Gasteiger partial charge in [0.2, 0.25) is 17.8 Å². The summed E-state index contributed by atoms with van der Waals surface area (Å²) < 4.78 is 42.3. The van der Waals surface area contributed by atoms with Gasteiger partial charge in [-0.25, -0.2) is 8.78 Å². The lowest BCUT2D eigenvalue weighted by Crippen LogP contribution is -2.45. The number of morpholine rings is 1. The lowest BCUT2D eigenvalue weighted by molar-refractivity contribution is 0.118. The predicted octanol–water partition coefficient (Wildman–Crippen LogP) is 3.07. The maximum absolute atomic E-state index is 14.5. The minimum Gasteiger partial charge on any atom is -0.495 e. The number of nitrogens with zero attached hydrogens (tertiary/aromatic N) is 8. The molecule has 3 aliphatic rings. The molecule has 1 aromatic carbocycles. The first-order valence-electron chi connectivity index (χ1n) is 12.5. The molecule has 2 saturated heterocycles. The van der Waals surface area contributed by atoms with Crippen molar-refractivity contribution in [1.29, 1.82) is 0 Å². The second-order valence-corrected chi connectivity index (χ2v) is 11.1. The third-order valence-corrected chi connectivity index (χ3v) is 8.08. The second kappa shape index (κ2) is 11.0. The number of rotatable bonds is 7. The average Bonchev–Trinajstić information content (AvgIpc) is 3.22. The smallest absolute Gasteiger partial charge is 0.277 e. The summed E-state index contributed by atoms with van der Waals surface area (Å²) in [6, 6.07) is 5.37. The van der Waals surface area contributed by atoms with Crippen molar-refractivity contribution in [2.75, 3.05) is 87.2 Å². The molecule has 0 amide bonds. The van der Waals surface area contributed by atoms with Gasteiger partial charge >= 0.3 is 0 Å². The fraction of sp³-hybridized carbons (Fsp3) is 0.625. The summed E-state index contributed by atoms with van der Waals surface area (Å²) in [6.07, 6.45) is -1.97. The van der Waals surface area contributed by atoms with Crippen LogP contribution in [0.1, 0.15) is 12.8 Å². The molecule has 0 saturated carbocycles. The van der Waals surface area contributed by atoms with E-state index in [1.54, 1.807) is 37.3 Å². The second-order valence-electron chi connectivity index (χ2n) is 9.50. The molecule has 202 valence electrons. The first-order valence-corrected chi connectivity index (χ1v) is 13.4. The topological polar surface area (TPSA) is 73.3 Å². The Bertz CT molecular complexity index is 1080. The quantitative estimate of drug-likeness (QED) is 0.490. The number of halogens is 2. The summed E-state index contributed by atoms with van der Waals surface area (Å²) in [5, 5.41) is 0.529. The van der Waals surface area contributed by atoms with Crippen molar-refractivity contribution >= 4 is 41.2 Å². The van der Waals surface area contributed by atoms with Gasteiger partial charge in [0, 0.05) is 38.5 Å². The van der Waals surface area contributed by atoms with Crippen molar-refractivity contribution in [2.45, 2.75) is 30.7 Å². The Morgan fingerprint density at radius 1 is 1.00 bits per heavy atom. The van der Waals surface area contributed by atoms with Crippen LogP contribution in [0.25, 0.3) is 0 Å². The van der Waals surface area contributed by atoms with Crippen LogP contribution in [0.3, 0.4) is 0 Å². The molecular weight excluding hydrogens is 502 g/mol. The summed E-state index contributed by atoms with van der Waals surface area (Å²) in [4.78, 5) is 21.6. The van der Waals surface area contributed by atoms with Gasteiger partial charge in [-0.3, -0.25) is 9.21 Å². The number of para-hydroxylation sites is 1. The van der Waals surface area contributed by atoms with E-state index in [0.29, 0.717) is 60.6 Å². The molecule has 0 radical (unpaired) electrons. The van der Waals surface area contributed by atoms with Gasteiger partial charge in [-0.05, 0) is 39.1 Å². The molecule has 4 heterocycles. The van der Waals surface area contributed by atoms with E-state index in [9.17, 15) is 8.78 Å². The Morgan fingerprint density at radius 2 is 1.62 bits per heavy atom. The van der Waals surface area contributed by atoms with E-state index in [1.165, 1.54) is 4.90 Å². The van der Waals surface area contributed by atoms with Crippen LogP contribution in [0, 0.1) is 0 Å². The number of aromatic nitrogens is 3. The number of ether oxygens (including phenoxy) is 2. The molecule has 2 fully saturated rings. The van der Waals surface area contributed by atoms with Crippen LogP contribution in [0.15, 0.2) is 18.2 Å². The zero-order valence-corrected chi connectivity index (χ0v) is 22.5. The van der Waals surface area contributed by atoms with Crippen molar-refractivity contribution in [3.63, 3.8) is 0 Å². The minimum atomic E-state index is -2.67. The lowest BCUT2D eigenvalue weighted by atomic mass is 10.1. The number of methoxy groups -OCH3 is 1. The number of piperidine rings is 1. The van der Waals surface area contributed by atoms with Gasteiger partial charge in [0.15, 0.2) is 6.17 Å². The van der Waals surface area contributed by atoms with E-state index in [0.717, 1.165) is 25.9 Å². The van der Waals surface area contributed by atoms with Gasteiger partial charge in [-0.1, -0.05) is 18.0 Å². The van der Waals surface area contributed by atoms with Gasteiger partial charge < -0.3 is 24.2 Å². The molecule has 3 aliphatic heterocycles. The molecule has 1 atom stereocenters. The Balaban J connectivity index is 1.55. The molecule has 1 aromatic heterocycles. The largest absolute Gasteiger partial charge is 0.495 e. The van der Waals surface area contributed by atoms with Gasteiger partial charge in [0.25, 0.3) is 6.43 Å². The number of hydrogen-bond donors (Lipinski definition) is 0. The average molecular weight is 537 g/mol. The molecule has 13 heteroatoms. The SMILES string of the molecule is COc1cccc2c1N(C)C(C(F)F)N2c1nc(N2CCOCC2)nc(N2CCC(SN(C)C)CC2)n1. The highest BCUT2D eigenvalue weighted by Gasteiger charge is 2.44. The van der Waals surface area contributed by atoms with Crippen molar-refractivity contribution in [3.05, 3.63) is 18.2 Å². The Labute approximate surface area is 220 Å². The van der Waals surface area contributed by atoms with E-state index in [4.69, 9.17) is 24.4 Å². The first-order chi connectivity index (χ1) is 17.9. The van der Waals surface area contributed by atoms with Crippen molar-refractivity contribution in [1.82, 2.24) is 19.3 Å². The lowest BCUT2D eigenvalue weighted by Gasteiger charge is -2.34. The number of alkyl halides is 2. The Kier molecular flexibility index (Phi) is 7.72. The molecule has 0 bridgehead atoms. The minimum absolute atomic E-state index is 0.209. The fourth-order valence-electron chi connectivity index (χ4n) is 5.14. The van der Waals surface area contributed by atoms with Crippen LogP contribution in [-0.2, 0) is 4.74 Å². The number of fused-ring (bicyclic) bond motifs is 1. The molecule has 2 aromatic rings. The van der Waals surface area contributed by atoms with E-state index in [-0.39, 0.29) is 5.95 Å². The third-order valence-electron chi connectivity index (χ3n) is 6.89. The highest BCUT2D eigenvalue weighted by molar-refractivity contribution is 7.97. The van der Waals surface area contributed by atoms with Crippen LogP contribution in [0.4, 0.5) is 38.0 Å². The molecule has 0 aliphatic carbocycles. The predicted molar refractivity (Wildman–Crippen MR) is 143 cm³/mol. The summed E-state index contributed by atoms with van der Waals surface area (Å²) in [6.45, 7) is 3.98. The number of hydrogen-bond acceptors (Lipinski definition) is 11. The molecule has 0 N–H and O–H groups in total. The van der Waals surface area contributed by atoms with E-state index >= 15 is 0 Å². The van der Waals surface area contributed by atoms with E-state index in [2.05, 4.69) is 23.3 Å². The number of benzene rings is 1. The highest BCUT2D eigenvalue weighted by Crippen LogP contribution is 2.49. The van der Waals surface area contributed by atoms with Crippen LogP contribution < -0.4 is 24.3 Å². The van der Waals surface area contributed by atoms with Crippen molar-refractivity contribution < 1.29 is 18.3 Å². The maximum Gasteiger partial charge on any atom is 0.277 e. The monoisotopic (exact) mass is 536 g/mol. The van der Waals surface area contributed by atoms with Gasteiger partial charge in [0.1, 0.15) is 11.4 Å². The van der Waals surface area contributed by atoms with E-state index in [1.807, 2.05) is 16.8 Å². The standard InChI is InChI=1S/C24H34F2N8O2S/c1-30(2)37-16-8-10-32(11-9-16)22-27-23(33-12-14-36-15-13-33)29-24(28-22)34-17-6-5-7-18(35-4)19(17)31(3)21(34)20(25)26/h5-7,16,20-21H,8-15H2,1-4H3. The van der Waals surface area contributed by atoms with E-state index < -0.39 is 12.6 Å². The van der Waals surface area contributed by atoms with Crippen LogP contribution >= 0.6 is 11.9 Å². The van der Waals surface area contributed by atoms with Crippen LogP contribution in [-0.4, -0.2) is 105 Å². The summed E-state index contributed by atoms with van der Waals surface area (Å²) >= 11 is 1.84. The Hall–Kier alpha value is -2.64. The molecule has 10 nitrogen and oxygen atoms in total. The zero-order chi connectivity index (χ0) is 26.1. The highest BCUT2D eigenvalue weighted by atomic mass is 32.2. The van der Waals surface area contributed by atoms with Crippen LogP contribution in [0.2, 0.25) is 0 Å². The molecule has 37 heavy (non-hydrogen) atoms. The maximum atomic E-state index is 14.5. The summed E-state index contributed by atoms with van der Waals surface area (Å²) in [7, 11) is 7.31. The third kappa shape index (κ3) is 5.21. The molecular formula is C24H34F2N8O2S. The Morgan fingerprint density at radius 3 is 2.22 bits per heavy atom. The molecule has 1 unspecified atom stereocenters.